The third-order valence-corrected chi connectivity index (χ3v) is 5.55. The minimum atomic E-state index is -1.14. The molecule has 1 atom stereocenters. The van der Waals surface area contributed by atoms with Gasteiger partial charge in [0.05, 0.1) is 12.5 Å². The van der Waals surface area contributed by atoms with E-state index in [0.717, 1.165) is 0 Å². The number of aromatic nitrogens is 1. The SMILES string of the molecule is Cc1cn(C)c(=O)c(NC(=O)NC(CC(=O)O)c2cccc(-c3cc(Cl)ccc3Cl)c2)c1O.[H-].[Na+]. The molecule has 0 aliphatic heterocycles. The molecule has 2 aromatic carbocycles. The quantitative estimate of drug-likeness (QED) is 0.374. The molecule has 34 heavy (non-hydrogen) atoms. The maximum absolute atomic E-state index is 12.6. The number of carbonyl (C=O) groups is 2. The average Bonchev–Trinajstić information content (AvgIpc) is 2.76. The number of nitrogens with one attached hydrogen (secondary N) is 2. The Balaban J connectivity index is 0.00000306. The Bertz CT molecular complexity index is 1300. The number of rotatable bonds is 6. The maximum atomic E-state index is 12.6. The first-order valence-corrected chi connectivity index (χ1v) is 10.6. The normalized spacial score (nSPS) is 11.3. The van der Waals surface area contributed by atoms with Gasteiger partial charge in [0, 0.05) is 34.4 Å². The first-order valence-electron chi connectivity index (χ1n) is 9.80. The van der Waals surface area contributed by atoms with Crippen molar-refractivity contribution in [3.8, 4) is 16.9 Å². The van der Waals surface area contributed by atoms with E-state index in [1.807, 2.05) is 0 Å². The van der Waals surface area contributed by atoms with Crippen LogP contribution in [0, 0.1) is 6.92 Å². The molecule has 11 heteroatoms. The number of amides is 2. The van der Waals surface area contributed by atoms with Crippen molar-refractivity contribution in [1.29, 1.82) is 0 Å². The van der Waals surface area contributed by atoms with Crippen molar-refractivity contribution >= 4 is 40.9 Å². The third kappa shape index (κ3) is 6.55. The van der Waals surface area contributed by atoms with Crippen LogP contribution in [0.4, 0.5) is 10.5 Å². The van der Waals surface area contributed by atoms with Crippen molar-refractivity contribution in [3.63, 3.8) is 0 Å². The van der Waals surface area contributed by atoms with Crippen LogP contribution in [0.25, 0.3) is 11.1 Å². The first-order chi connectivity index (χ1) is 15.6. The molecule has 1 heterocycles. The van der Waals surface area contributed by atoms with Gasteiger partial charge in [0.2, 0.25) is 0 Å². The fraction of sp³-hybridized carbons (Fsp3) is 0.174. The maximum Gasteiger partial charge on any atom is 1.00 e. The fourth-order valence-corrected chi connectivity index (χ4v) is 3.77. The number of halogens is 2. The molecule has 1 unspecified atom stereocenters. The second kappa shape index (κ2) is 11.8. The molecule has 0 saturated heterocycles. The van der Waals surface area contributed by atoms with Gasteiger partial charge in [-0.1, -0.05) is 41.4 Å². The molecule has 174 valence electrons. The number of anilines is 1. The van der Waals surface area contributed by atoms with Crippen molar-refractivity contribution in [3.05, 3.63) is 80.2 Å². The van der Waals surface area contributed by atoms with Gasteiger partial charge in [0.1, 0.15) is 5.75 Å². The van der Waals surface area contributed by atoms with Crippen LogP contribution in [-0.2, 0) is 11.8 Å². The van der Waals surface area contributed by atoms with Crippen LogP contribution in [0.2, 0.25) is 10.0 Å². The summed E-state index contributed by atoms with van der Waals surface area (Å²) < 4.78 is 1.22. The van der Waals surface area contributed by atoms with Gasteiger partial charge in [0.15, 0.2) is 5.69 Å². The molecule has 0 spiro atoms. The van der Waals surface area contributed by atoms with E-state index in [1.165, 1.54) is 17.8 Å². The van der Waals surface area contributed by atoms with Gasteiger partial charge >= 0.3 is 41.6 Å². The van der Waals surface area contributed by atoms with Crippen LogP contribution < -0.4 is 45.8 Å². The number of carbonyl (C=O) groups excluding carboxylic acids is 1. The van der Waals surface area contributed by atoms with E-state index < -0.39 is 30.0 Å². The molecule has 0 fully saturated rings. The van der Waals surface area contributed by atoms with Crippen molar-refractivity contribution in [1.82, 2.24) is 9.88 Å². The zero-order chi connectivity index (χ0) is 24.3. The number of carboxylic acids is 1. The van der Waals surface area contributed by atoms with Gasteiger partial charge in [-0.25, -0.2) is 4.79 Å². The Hall–Kier alpha value is -2.49. The number of aryl methyl sites for hydroxylation is 2. The molecule has 1 aromatic heterocycles. The van der Waals surface area contributed by atoms with Crippen LogP contribution in [0.3, 0.4) is 0 Å². The number of aliphatic carboxylic acids is 1. The van der Waals surface area contributed by atoms with E-state index in [4.69, 9.17) is 23.2 Å². The van der Waals surface area contributed by atoms with E-state index in [2.05, 4.69) is 10.6 Å². The predicted molar refractivity (Wildman–Crippen MR) is 128 cm³/mol. The van der Waals surface area contributed by atoms with Crippen LogP contribution in [0.15, 0.2) is 53.5 Å². The number of nitrogens with zero attached hydrogens (tertiary/aromatic N) is 1. The number of aromatic hydroxyl groups is 1. The molecule has 3 aromatic rings. The topological polar surface area (TPSA) is 121 Å². The molecule has 2 amide bonds. The smallest absolute Gasteiger partial charge is 1.00 e. The second-order valence-corrected chi connectivity index (χ2v) is 8.29. The van der Waals surface area contributed by atoms with Crippen LogP contribution >= 0.6 is 23.2 Å². The van der Waals surface area contributed by atoms with E-state index >= 15 is 0 Å². The molecular weight excluding hydrogens is 492 g/mol. The summed E-state index contributed by atoms with van der Waals surface area (Å²) in [6, 6.07) is 10.1. The first kappa shape index (κ1) is 27.8. The van der Waals surface area contributed by atoms with E-state index in [9.17, 15) is 24.6 Å². The summed E-state index contributed by atoms with van der Waals surface area (Å²) in [6.45, 7) is 1.58. The molecule has 0 radical (unpaired) electrons. The molecule has 0 aliphatic rings. The number of benzene rings is 2. The Morgan fingerprint density at radius 1 is 1.18 bits per heavy atom. The van der Waals surface area contributed by atoms with Gasteiger partial charge < -0.3 is 26.8 Å². The fourth-order valence-electron chi connectivity index (χ4n) is 3.37. The minimum Gasteiger partial charge on any atom is -1.00 e. The molecule has 0 saturated carbocycles. The Morgan fingerprint density at radius 2 is 1.88 bits per heavy atom. The van der Waals surface area contributed by atoms with Crippen LogP contribution in [0.1, 0.15) is 25.0 Å². The molecule has 4 N–H and O–H groups in total. The molecular formula is C23H22Cl2N3NaO5. The Labute approximate surface area is 229 Å². The zero-order valence-electron chi connectivity index (χ0n) is 19.7. The summed E-state index contributed by atoms with van der Waals surface area (Å²) in [5.41, 5.74) is 1.31. The Kier molecular flexibility index (Phi) is 9.61. The number of pyridine rings is 1. The summed E-state index contributed by atoms with van der Waals surface area (Å²) in [7, 11) is 1.48. The van der Waals surface area contributed by atoms with E-state index in [1.54, 1.807) is 49.4 Å². The number of hydrogen-bond acceptors (Lipinski definition) is 4. The van der Waals surface area contributed by atoms with Crippen molar-refractivity contribution in [2.45, 2.75) is 19.4 Å². The van der Waals surface area contributed by atoms with E-state index in [-0.39, 0.29) is 42.4 Å². The summed E-state index contributed by atoms with van der Waals surface area (Å²) >= 11 is 12.4. The summed E-state index contributed by atoms with van der Waals surface area (Å²) in [5, 5.41) is 25.4. The van der Waals surface area contributed by atoms with Crippen molar-refractivity contribution in [2.24, 2.45) is 7.05 Å². The second-order valence-electron chi connectivity index (χ2n) is 7.45. The van der Waals surface area contributed by atoms with Gasteiger partial charge in [-0.05, 0) is 42.3 Å². The molecule has 0 bridgehead atoms. The van der Waals surface area contributed by atoms with Crippen molar-refractivity contribution in [2.75, 3.05) is 5.32 Å². The summed E-state index contributed by atoms with van der Waals surface area (Å²) in [4.78, 5) is 36.4. The molecule has 0 aliphatic carbocycles. The number of hydrogen-bond donors (Lipinski definition) is 4. The number of carboxylic acid groups (broad SMARTS) is 1. The number of urea groups is 1. The van der Waals surface area contributed by atoms with Crippen LogP contribution in [-0.4, -0.2) is 26.8 Å². The zero-order valence-corrected chi connectivity index (χ0v) is 22.2. The predicted octanol–water partition coefficient (Wildman–Crippen LogP) is 1.83. The van der Waals surface area contributed by atoms with Gasteiger partial charge in [0.25, 0.3) is 5.56 Å². The monoisotopic (exact) mass is 513 g/mol. The third-order valence-electron chi connectivity index (χ3n) is 4.98. The van der Waals surface area contributed by atoms with Gasteiger partial charge in [-0.2, -0.15) is 0 Å². The van der Waals surface area contributed by atoms with Gasteiger partial charge in [-0.3, -0.25) is 9.59 Å². The minimum absolute atomic E-state index is 0. The molecule has 8 nitrogen and oxygen atoms in total. The summed E-state index contributed by atoms with van der Waals surface area (Å²) in [5.74, 6) is -1.50. The van der Waals surface area contributed by atoms with Crippen LogP contribution in [0.5, 0.6) is 5.75 Å². The van der Waals surface area contributed by atoms with Gasteiger partial charge in [-0.15, -0.1) is 0 Å². The Morgan fingerprint density at radius 3 is 2.56 bits per heavy atom. The summed E-state index contributed by atoms with van der Waals surface area (Å²) in [6.07, 6.45) is 1.01. The standard InChI is InChI=1S/C23H21Cl2N3O5.Na.H/c1-12-11-28(2)22(32)20(21(12)31)27-23(33)26-18(10-19(29)30)14-5-3-4-13(8-14)16-9-15(24)6-7-17(16)25;;/h3-9,11,18,31H,10H2,1-2H3,(H,29,30)(H2,26,27,33);;/q;+1;-1. The largest absolute Gasteiger partial charge is 1.00 e. The molecule has 3 rings (SSSR count). The average molecular weight is 514 g/mol. The van der Waals surface area contributed by atoms with Crippen molar-refractivity contribution < 1.29 is 50.8 Å². The van der Waals surface area contributed by atoms with E-state index in [0.29, 0.717) is 32.3 Å².